The fraction of sp³-hybridized carbons (Fsp3) is 0.783. The van der Waals surface area contributed by atoms with Gasteiger partial charge in [-0.25, -0.2) is 0 Å². The Bertz CT molecular complexity index is 2630. The van der Waals surface area contributed by atoms with Gasteiger partial charge in [-0.05, 0) is 82.0 Å². The van der Waals surface area contributed by atoms with Crippen LogP contribution in [0.25, 0.3) is 0 Å². The summed E-state index contributed by atoms with van der Waals surface area (Å²) in [5, 5.41) is 24.1. The first-order valence-corrected chi connectivity index (χ1v) is 35.9. The summed E-state index contributed by atoms with van der Waals surface area (Å²) < 4.78 is 0. The Morgan fingerprint density at radius 3 is 1.42 bits per heavy atom. The topological polar surface area (TPSA) is 511 Å². The Balaban J connectivity index is 3.20. The monoisotopic (exact) mass is 1380 g/mol. The average molecular weight is 1380 g/mol. The molecule has 29 heteroatoms. The van der Waals surface area contributed by atoms with Gasteiger partial charge in [-0.2, -0.15) is 0 Å². The summed E-state index contributed by atoms with van der Waals surface area (Å²) in [7, 11) is 0. The zero-order valence-electron chi connectivity index (χ0n) is 60.4. The van der Waals surface area contributed by atoms with Crippen LogP contribution in [0.4, 0.5) is 0 Å². The van der Waals surface area contributed by atoms with Crippen molar-refractivity contribution in [3.05, 3.63) is 0 Å². The summed E-state index contributed by atoms with van der Waals surface area (Å²) in [5.41, 5.74) is 38.6. The summed E-state index contributed by atoms with van der Waals surface area (Å²) in [6.45, 7) is 16.1. The van der Waals surface area contributed by atoms with Crippen LogP contribution in [0.5, 0.6) is 0 Å². The van der Waals surface area contributed by atoms with Gasteiger partial charge < -0.3 is 76.9 Å². The summed E-state index contributed by atoms with van der Waals surface area (Å²) >= 11 is 0. The van der Waals surface area contributed by atoms with E-state index in [4.69, 9.17) is 45.5 Å². The van der Waals surface area contributed by atoms with Gasteiger partial charge >= 0.3 is 0 Å². The number of hydrogen-bond acceptors (Lipinski definition) is 15. The van der Waals surface area contributed by atoms with Crippen LogP contribution in [0.15, 0.2) is 9.98 Å². The third-order valence-electron chi connectivity index (χ3n) is 17.6. The molecule has 1 aliphatic rings. The van der Waals surface area contributed by atoms with E-state index in [1.807, 2.05) is 13.8 Å². The van der Waals surface area contributed by atoms with Crippen molar-refractivity contribution in [3.8, 4) is 0 Å². The zero-order chi connectivity index (χ0) is 74.0. The van der Waals surface area contributed by atoms with Crippen molar-refractivity contribution < 1.29 is 57.5 Å². The first-order valence-electron chi connectivity index (χ1n) is 35.9. The molecular weight excluding hydrogens is 1260 g/mol. The minimum atomic E-state index is -1.54. The molecule has 1 heterocycles. The number of hydrogen-bond donors (Lipinski definition) is 14. The van der Waals surface area contributed by atoms with Gasteiger partial charge in [-0.3, -0.25) is 72.9 Å². The molecule has 1 rings (SSSR count). The van der Waals surface area contributed by atoms with Gasteiger partial charge in [0.1, 0.15) is 24.2 Å². The van der Waals surface area contributed by atoms with Crippen molar-refractivity contribution in [2.45, 2.75) is 291 Å². The van der Waals surface area contributed by atoms with E-state index >= 15 is 0 Å². The number of nitrogens with zero attached hydrogens (tertiary/aromatic N) is 3. The Morgan fingerprint density at radius 2 is 0.929 bits per heavy atom. The second-order valence-corrected chi connectivity index (χ2v) is 27.8. The van der Waals surface area contributed by atoms with Crippen molar-refractivity contribution in [2.75, 3.05) is 19.6 Å². The van der Waals surface area contributed by atoms with E-state index in [1.165, 1.54) is 76.5 Å². The van der Waals surface area contributed by atoms with E-state index in [2.05, 4.69) is 48.8 Å². The van der Waals surface area contributed by atoms with Crippen LogP contribution < -0.4 is 72.0 Å². The van der Waals surface area contributed by atoms with Gasteiger partial charge in [0.25, 0.3) is 0 Å². The standard InChI is InChI=1S/C69H125N17O12/c1-10-11-12-13-14-15-16-17-18-19-20-21-22-33-58(91)84-60(44(6)7)66(97)82-50(28-23-24-32-56(70)71)67(98)86-36-27-31-52(86)65(96)85-59(43(4)5)55(89)39-46(9)63(94)83-51(41-57(72)90)53(87)38-45(8)62(93)80-48(29-25-34-78-68(74)75)54(88)40-47(37-42(2)3)64(95)81-49(61(73)92)30-26-35-79-69(76)77/h42-52,59-60H,10-41H2,1-9H3,(H3,70,71)(H2,72,90)(H2,73,92)(H,80,93)(H,81,95)(H,82,97)(H,83,94)(H,84,91)(H,85,96)(H4,74,75,78)(H4,76,77,79)/t45-,46-,47-,48+,49+,50+,51+,52+,59+,60+/m1/s1. The zero-order valence-corrected chi connectivity index (χ0v) is 60.4. The van der Waals surface area contributed by atoms with Crippen molar-refractivity contribution in [3.63, 3.8) is 0 Å². The number of Topliss-reactive ketones (excluding diaryl/α,β-unsaturated/α-hetero) is 3. The van der Waals surface area contributed by atoms with Gasteiger partial charge in [0.05, 0.1) is 30.4 Å². The molecule has 0 spiro atoms. The van der Waals surface area contributed by atoms with Crippen molar-refractivity contribution in [1.82, 2.24) is 36.8 Å². The number of ketones is 3. The second-order valence-electron chi connectivity index (χ2n) is 27.8. The molecule has 0 saturated carbocycles. The minimum absolute atomic E-state index is 0.0122. The lowest BCUT2D eigenvalue weighted by molar-refractivity contribution is -0.143. The molecule has 0 aromatic heterocycles. The van der Waals surface area contributed by atoms with E-state index in [9.17, 15) is 57.5 Å². The quantitative estimate of drug-likeness (QED) is 0.0235. The van der Waals surface area contributed by atoms with Crippen molar-refractivity contribution in [1.29, 1.82) is 5.41 Å². The number of nitrogens with two attached hydrogens (primary N) is 7. The molecule has 0 unspecified atom stereocenters. The first kappa shape index (κ1) is 88.3. The van der Waals surface area contributed by atoms with E-state index in [-0.39, 0.29) is 113 Å². The third kappa shape index (κ3) is 37.3. The highest BCUT2D eigenvalue weighted by Crippen LogP contribution is 2.24. The highest BCUT2D eigenvalue weighted by molar-refractivity contribution is 6.00. The van der Waals surface area contributed by atoms with Crippen molar-refractivity contribution in [2.24, 2.45) is 85.6 Å². The Morgan fingerprint density at radius 1 is 0.469 bits per heavy atom. The Hall–Kier alpha value is -7.75. The van der Waals surface area contributed by atoms with Crippen molar-refractivity contribution >= 4 is 88.3 Å². The predicted molar refractivity (Wildman–Crippen MR) is 380 cm³/mol. The molecule has 0 aliphatic carbocycles. The highest BCUT2D eigenvalue weighted by atomic mass is 16.2. The number of rotatable bonds is 55. The number of carbonyl (C=O) groups is 12. The number of amidine groups is 1. The largest absolute Gasteiger partial charge is 0.388 e. The molecule has 1 fully saturated rings. The van der Waals surface area contributed by atoms with Crippen LogP contribution in [0.1, 0.15) is 249 Å². The van der Waals surface area contributed by atoms with Gasteiger partial charge in [-0.1, -0.05) is 146 Å². The third-order valence-corrected chi connectivity index (χ3v) is 17.6. The van der Waals surface area contributed by atoms with Crippen LogP contribution in [-0.4, -0.2) is 155 Å². The molecule has 1 aliphatic heterocycles. The molecule has 29 nitrogen and oxygen atoms in total. The van der Waals surface area contributed by atoms with Crippen LogP contribution in [0.2, 0.25) is 0 Å². The van der Waals surface area contributed by atoms with Crippen LogP contribution in [0, 0.1) is 40.9 Å². The van der Waals surface area contributed by atoms with E-state index < -0.39 is 150 Å². The molecule has 558 valence electrons. The first-order chi connectivity index (χ1) is 46.2. The Kier molecular flexibility index (Phi) is 44.0. The molecule has 0 aromatic carbocycles. The average Bonchev–Trinajstić information content (AvgIpc) is 1.60. The molecule has 9 amide bonds. The fourth-order valence-electron chi connectivity index (χ4n) is 11.9. The van der Waals surface area contributed by atoms with Gasteiger partial charge in [0.2, 0.25) is 53.2 Å². The minimum Gasteiger partial charge on any atom is -0.388 e. The van der Waals surface area contributed by atoms with Gasteiger partial charge in [0.15, 0.2) is 29.3 Å². The number of aliphatic imine (C=N–C) groups is 2. The van der Waals surface area contributed by atoms with Crippen LogP contribution in [-0.2, 0) is 57.5 Å². The molecular formula is C69H125N17O12. The summed E-state index contributed by atoms with van der Waals surface area (Å²) in [4.78, 5) is 174. The van der Waals surface area contributed by atoms with E-state index in [0.717, 1.165) is 19.3 Å². The lowest BCUT2D eigenvalue weighted by atomic mass is 9.88. The number of primary amides is 2. The molecule has 0 radical (unpaired) electrons. The summed E-state index contributed by atoms with van der Waals surface area (Å²) in [6, 6.07) is -8.09. The molecule has 0 aromatic rings. The molecule has 21 N–H and O–H groups in total. The SMILES string of the molecule is CCCCCCCCCCCCCCCC(=O)N[C@H](C(=O)N[C@@H](CCCCC(=N)N)C(=O)N1CCC[C@H]1C(=O)N[C@H](C(=O)C[C@@H](C)C(=O)N[C@@H](CC(N)=O)C(=O)C[C@@H](C)C(=O)N[C@@H](CCCN=C(N)N)C(=O)C[C@@H](CC(C)C)C(=O)N[C@@H](CCCN=C(N)N)C(N)=O)C(C)C)C(C)C. The number of likely N-dealkylation sites (tertiary alicyclic amines) is 1. The van der Waals surface area contributed by atoms with Gasteiger partial charge in [-0.15, -0.1) is 0 Å². The summed E-state index contributed by atoms with van der Waals surface area (Å²) in [6.07, 6.45) is 16.2. The maximum absolute atomic E-state index is 14.6. The molecule has 98 heavy (non-hydrogen) atoms. The lowest BCUT2D eigenvalue weighted by Gasteiger charge is -2.32. The second kappa shape index (κ2) is 48.9. The smallest absolute Gasteiger partial charge is 0.245 e. The maximum Gasteiger partial charge on any atom is 0.245 e. The lowest BCUT2D eigenvalue weighted by Crippen LogP contribution is -2.58. The van der Waals surface area contributed by atoms with Gasteiger partial charge in [0, 0.05) is 69.5 Å². The highest BCUT2D eigenvalue weighted by Gasteiger charge is 2.41. The van der Waals surface area contributed by atoms with Crippen LogP contribution in [0.3, 0.4) is 0 Å². The Labute approximate surface area is 581 Å². The molecule has 0 bridgehead atoms. The number of amides is 9. The van der Waals surface area contributed by atoms with Crippen LogP contribution >= 0.6 is 0 Å². The number of guanidine groups is 2. The number of unbranched alkanes of at least 4 members (excludes halogenated alkanes) is 13. The van der Waals surface area contributed by atoms with E-state index in [1.54, 1.807) is 27.7 Å². The number of nitrogens with one attached hydrogen (secondary N) is 7. The fourth-order valence-corrected chi connectivity index (χ4v) is 11.9. The maximum atomic E-state index is 14.6. The summed E-state index contributed by atoms with van der Waals surface area (Å²) in [5.74, 6) is -12.4. The van der Waals surface area contributed by atoms with E-state index in [0.29, 0.717) is 32.1 Å². The molecule has 1 saturated heterocycles. The predicted octanol–water partition coefficient (Wildman–Crippen LogP) is 3.46. The molecule has 10 atom stereocenters. The normalized spacial score (nSPS) is 15.6. The number of carbonyl (C=O) groups excluding carboxylic acids is 12.